The number of guanidine groups is 1. The van der Waals surface area contributed by atoms with Gasteiger partial charge < -0.3 is 19.7 Å². The summed E-state index contributed by atoms with van der Waals surface area (Å²) in [6, 6.07) is 8.92. The molecule has 1 heterocycles. The van der Waals surface area contributed by atoms with Crippen LogP contribution in [0.2, 0.25) is 0 Å². The summed E-state index contributed by atoms with van der Waals surface area (Å²) in [7, 11) is 0. The van der Waals surface area contributed by atoms with E-state index in [9.17, 15) is 14.9 Å². The standard InChI is InChI=1S/C22H35N5O5/c1-2-3-4-5-6-10-16-31-20-19(14-11-15-26(20)21(23)25-27(29)30)24-22(28)32-17-18-12-8-7-9-13-18/h7-9,12-13,19-20H,2-6,10-11,14-17H2,1H3,(H2,23,25)(H,24,28)/t19-,20+/m0/s1. The molecule has 0 bridgehead atoms. The first-order chi connectivity index (χ1) is 15.5. The highest BCUT2D eigenvalue weighted by molar-refractivity contribution is 5.76. The monoisotopic (exact) mass is 449 g/mol. The first-order valence-electron chi connectivity index (χ1n) is 11.4. The molecule has 0 spiro atoms. The Morgan fingerprint density at radius 1 is 1.22 bits per heavy atom. The van der Waals surface area contributed by atoms with Crippen molar-refractivity contribution >= 4 is 12.1 Å². The summed E-state index contributed by atoms with van der Waals surface area (Å²) in [5, 5.41) is 20.9. The van der Waals surface area contributed by atoms with Gasteiger partial charge in [-0.2, -0.15) is 0 Å². The minimum atomic E-state index is -0.766. The minimum Gasteiger partial charge on any atom is -0.445 e. The van der Waals surface area contributed by atoms with E-state index < -0.39 is 23.4 Å². The van der Waals surface area contributed by atoms with E-state index in [4.69, 9.17) is 14.9 Å². The molecule has 0 radical (unpaired) electrons. The Labute approximate surface area is 189 Å². The minimum absolute atomic E-state index is 0.144. The number of hydrogen-bond donors (Lipinski definition) is 3. The number of alkyl carbamates (subject to hydrolysis) is 1. The zero-order valence-electron chi connectivity index (χ0n) is 18.8. The van der Waals surface area contributed by atoms with Gasteiger partial charge in [-0.1, -0.05) is 74.8 Å². The van der Waals surface area contributed by atoms with Crippen LogP contribution in [-0.2, 0) is 16.1 Å². The van der Waals surface area contributed by atoms with Crippen LogP contribution in [0.1, 0.15) is 63.9 Å². The Kier molecular flexibility index (Phi) is 11.3. The van der Waals surface area contributed by atoms with E-state index in [1.54, 1.807) is 0 Å². The van der Waals surface area contributed by atoms with Crippen molar-refractivity contribution in [3.05, 3.63) is 46.0 Å². The highest BCUT2D eigenvalue weighted by Crippen LogP contribution is 2.20. The van der Waals surface area contributed by atoms with Crippen LogP contribution >= 0.6 is 0 Å². The van der Waals surface area contributed by atoms with Crippen molar-refractivity contribution in [1.29, 1.82) is 5.41 Å². The van der Waals surface area contributed by atoms with Crippen molar-refractivity contribution in [3.8, 4) is 0 Å². The van der Waals surface area contributed by atoms with Crippen LogP contribution in [0.5, 0.6) is 0 Å². The Hall–Kier alpha value is -2.88. The van der Waals surface area contributed by atoms with Gasteiger partial charge in [0.15, 0.2) is 11.3 Å². The van der Waals surface area contributed by atoms with Crippen molar-refractivity contribution in [2.45, 2.75) is 77.2 Å². The lowest BCUT2D eigenvalue weighted by atomic mass is 10.0. The molecule has 1 aliphatic heterocycles. The van der Waals surface area contributed by atoms with Gasteiger partial charge in [0.05, 0.1) is 6.04 Å². The van der Waals surface area contributed by atoms with E-state index in [0.29, 0.717) is 26.0 Å². The first kappa shape index (κ1) is 25.4. The molecule has 1 amide bonds. The molecule has 1 aromatic rings. The zero-order chi connectivity index (χ0) is 23.2. The Bertz CT molecular complexity index is 718. The topological polar surface area (TPSA) is 130 Å². The number of nitrogens with one attached hydrogen (secondary N) is 3. The normalized spacial score (nSPS) is 18.1. The fraction of sp³-hybridized carbons (Fsp3) is 0.636. The van der Waals surface area contributed by atoms with Crippen molar-refractivity contribution in [1.82, 2.24) is 15.6 Å². The number of benzene rings is 1. The number of piperidine rings is 1. The summed E-state index contributed by atoms with van der Waals surface area (Å²) in [6.07, 6.45) is 6.66. The Morgan fingerprint density at radius 2 is 1.94 bits per heavy atom. The van der Waals surface area contributed by atoms with Crippen molar-refractivity contribution in [3.63, 3.8) is 0 Å². The molecule has 0 aromatic heterocycles. The average Bonchev–Trinajstić information content (AvgIpc) is 2.78. The number of ether oxygens (including phenoxy) is 2. The van der Waals surface area contributed by atoms with Crippen LogP contribution in [0.25, 0.3) is 0 Å². The van der Waals surface area contributed by atoms with E-state index in [-0.39, 0.29) is 12.6 Å². The largest absolute Gasteiger partial charge is 0.445 e. The molecule has 2 rings (SSSR count). The van der Waals surface area contributed by atoms with E-state index in [1.165, 1.54) is 24.2 Å². The molecule has 0 unspecified atom stereocenters. The molecule has 10 nitrogen and oxygen atoms in total. The van der Waals surface area contributed by atoms with Gasteiger partial charge in [0, 0.05) is 13.2 Å². The lowest BCUT2D eigenvalue weighted by molar-refractivity contribution is -0.527. The van der Waals surface area contributed by atoms with Gasteiger partial charge in [0.2, 0.25) is 0 Å². The second-order valence-electron chi connectivity index (χ2n) is 7.89. The number of likely N-dealkylation sites (tertiary alicyclic amines) is 1. The van der Waals surface area contributed by atoms with E-state index in [1.807, 2.05) is 35.8 Å². The molecule has 1 aromatic carbocycles. The molecule has 178 valence electrons. The second kappa shape index (κ2) is 14.2. The second-order valence-corrected chi connectivity index (χ2v) is 7.89. The summed E-state index contributed by atoms with van der Waals surface area (Å²) in [6.45, 7) is 3.20. The molecule has 1 aliphatic rings. The summed E-state index contributed by atoms with van der Waals surface area (Å²) in [5.74, 6) is -0.355. The SMILES string of the molecule is CCCCCCCCO[C@@H]1[C@@H](NC(=O)OCc2ccccc2)CCCN1C(=N)N[N+](=O)[O-]. The predicted molar refractivity (Wildman–Crippen MR) is 120 cm³/mol. The third kappa shape index (κ3) is 9.09. The van der Waals surface area contributed by atoms with Crippen molar-refractivity contribution in [2.75, 3.05) is 13.2 Å². The maximum Gasteiger partial charge on any atom is 0.407 e. The number of carbonyl (C=O) groups excluding carboxylic acids is 1. The summed E-state index contributed by atoms with van der Waals surface area (Å²) in [5.41, 5.74) is 2.77. The summed E-state index contributed by atoms with van der Waals surface area (Å²) in [4.78, 5) is 24.7. The van der Waals surface area contributed by atoms with Gasteiger partial charge in [0.25, 0.3) is 5.96 Å². The van der Waals surface area contributed by atoms with E-state index in [2.05, 4.69) is 12.2 Å². The molecular weight excluding hydrogens is 414 g/mol. The summed E-state index contributed by atoms with van der Waals surface area (Å²) < 4.78 is 11.4. The molecule has 0 saturated carbocycles. The van der Waals surface area contributed by atoms with Gasteiger partial charge in [-0.15, -0.1) is 0 Å². The van der Waals surface area contributed by atoms with Gasteiger partial charge in [-0.3, -0.25) is 5.41 Å². The highest BCUT2D eigenvalue weighted by atomic mass is 16.7. The number of carbonyl (C=O) groups is 1. The van der Waals surface area contributed by atoms with E-state index >= 15 is 0 Å². The van der Waals surface area contributed by atoms with Gasteiger partial charge in [0.1, 0.15) is 6.61 Å². The highest BCUT2D eigenvalue weighted by Gasteiger charge is 2.36. The number of nitrogens with zero attached hydrogens (tertiary/aromatic N) is 2. The first-order valence-corrected chi connectivity index (χ1v) is 11.4. The smallest absolute Gasteiger partial charge is 0.407 e. The van der Waals surface area contributed by atoms with Crippen molar-refractivity contribution in [2.24, 2.45) is 0 Å². The number of nitro groups is 1. The fourth-order valence-corrected chi connectivity index (χ4v) is 3.71. The molecule has 1 fully saturated rings. The molecule has 3 N–H and O–H groups in total. The number of rotatable bonds is 12. The molecule has 32 heavy (non-hydrogen) atoms. The predicted octanol–water partition coefficient (Wildman–Crippen LogP) is 3.80. The van der Waals surface area contributed by atoms with E-state index in [0.717, 1.165) is 24.8 Å². The molecule has 1 saturated heterocycles. The third-order valence-corrected chi connectivity index (χ3v) is 5.35. The summed E-state index contributed by atoms with van der Waals surface area (Å²) >= 11 is 0. The Balaban J connectivity index is 1.92. The Morgan fingerprint density at radius 3 is 2.66 bits per heavy atom. The van der Waals surface area contributed by atoms with Crippen molar-refractivity contribution < 1.29 is 19.3 Å². The fourth-order valence-electron chi connectivity index (χ4n) is 3.71. The van der Waals surface area contributed by atoms with Gasteiger partial charge in [-0.25, -0.2) is 14.9 Å². The van der Waals surface area contributed by atoms with Crippen LogP contribution in [0, 0.1) is 15.5 Å². The number of hydrazine groups is 1. The van der Waals surface area contributed by atoms with Gasteiger partial charge >= 0.3 is 6.09 Å². The number of amides is 1. The van der Waals surface area contributed by atoms with Crippen LogP contribution < -0.4 is 10.7 Å². The maximum atomic E-state index is 12.4. The zero-order valence-corrected chi connectivity index (χ0v) is 18.8. The van der Waals surface area contributed by atoms with Crippen LogP contribution in [0.4, 0.5) is 4.79 Å². The molecule has 10 heteroatoms. The van der Waals surface area contributed by atoms with Gasteiger partial charge in [-0.05, 0) is 24.8 Å². The average molecular weight is 450 g/mol. The lowest BCUT2D eigenvalue weighted by Crippen LogP contribution is -2.60. The third-order valence-electron chi connectivity index (χ3n) is 5.35. The quantitative estimate of drug-likeness (QED) is 0.145. The molecule has 0 aliphatic carbocycles. The van der Waals surface area contributed by atoms with Crippen LogP contribution in [0.15, 0.2) is 30.3 Å². The molecular formula is C22H35N5O5. The maximum absolute atomic E-state index is 12.4. The molecule has 2 atom stereocenters. The number of unbranched alkanes of at least 4 members (excludes halogenated alkanes) is 5. The lowest BCUT2D eigenvalue weighted by Gasteiger charge is -2.41. The van der Waals surface area contributed by atoms with Crippen LogP contribution in [-0.4, -0.2) is 47.4 Å². The van der Waals surface area contributed by atoms with Crippen LogP contribution in [0.3, 0.4) is 0 Å². The number of hydrogen-bond acceptors (Lipinski definition) is 6.